The van der Waals surface area contributed by atoms with Gasteiger partial charge in [-0.15, -0.1) is 0 Å². The second kappa shape index (κ2) is 6.01. The van der Waals surface area contributed by atoms with Crippen molar-refractivity contribution < 1.29 is 4.79 Å². The van der Waals surface area contributed by atoms with E-state index in [0.717, 1.165) is 43.4 Å². The molecule has 98 valence electrons. The molecule has 0 saturated carbocycles. The van der Waals surface area contributed by atoms with Gasteiger partial charge in [0.1, 0.15) is 0 Å². The average Bonchev–Trinajstić information content (AvgIpc) is 2.83. The summed E-state index contributed by atoms with van der Waals surface area (Å²) in [5.74, 6) is 0.179. The molecule has 1 aliphatic heterocycles. The van der Waals surface area contributed by atoms with Crippen molar-refractivity contribution in [3.05, 3.63) is 35.4 Å². The first kappa shape index (κ1) is 13.1. The highest BCUT2D eigenvalue weighted by molar-refractivity contribution is 5.94. The van der Waals surface area contributed by atoms with Gasteiger partial charge >= 0.3 is 0 Å². The zero-order chi connectivity index (χ0) is 13.0. The molecule has 18 heavy (non-hydrogen) atoms. The summed E-state index contributed by atoms with van der Waals surface area (Å²) >= 11 is 0. The summed E-state index contributed by atoms with van der Waals surface area (Å²) < 4.78 is 0. The van der Waals surface area contributed by atoms with Crippen LogP contribution in [0.5, 0.6) is 0 Å². The largest absolute Gasteiger partial charge is 0.336 e. The van der Waals surface area contributed by atoms with Gasteiger partial charge in [0.25, 0.3) is 5.91 Å². The number of carbonyl (C=O) groups excluding carboxylic acids is 1. The minimum Gasteiger partial charge on any atom is -0.336 e. The Morgan fingerprint density at radius 3 is 3.06 bits per heavy atom. The zero-order valence-corrected chi connectivity index (χ0v) is 11.1. The van der Waals surface area contributed by atoms with Crippen LogP contribution in [-0.4, -0.2) is 29.9 Å². The summed E-state index contributed by atoms with van der Waals surface area (Å²) in [4.78, 5) is 14.5. The third kappa shape index (κ3) is 2.91. The Labute approximate surface area is 109 Å². The molecule has 0 aliphatic carbocycles. The van der Waals surface area contributed by atoms with Gasteiger partial charge in [0.15, 0.2) is 0 Å². The molecule has 3 heteroatoms. The zero-order valence-electron chi connectivity index (χ0n) is 11.1. The molecule has 2 rings (SSSR count). The van der Waals surface area contributed by atoms with Crippen molar-refractivity contribution in [1.29, 1.82) is 0 Å². The Morgan fingerprint density at radius 2 is 2.33 bits per heavy atom. The van der Waals surface area contributed by atoms with Gasteiger partial charge in [-0.25, -0.2) is 0 Å². The summed E-state index contributed by atoms with van der Waals surface area (Å²) in [7, 11) is 0. The van der Waals surface area contributed by atoms with E-state index in [4.69, 9.17) is 5.73 Å². The van der Waals surface area contributed by atoms with Crippen molar-refractivity contribution >= 4 is 5.91 Å². The second-order valence-corrected chi connectivity index (χ2v) is 5.09. The van der Waals surface area contributed by atoms with Gasteiger partial charge in [0, 0.05) is 18.2 Å². The van der Waals surface area contributed by atoms with Gasteiger partial charge in [-0.05, 0) is 51.3 Å². The molecule has 0 aromatic heterocycles. The molecule has 1 fully saturated rings. The highest BCUT2D eigenvalue weighted by Gasteiger charge is 2.28. The number of nitrogens with two attached hydrogens (primary N) is 1. The molecule has 1 aromatic rings. The van der Waals surface area contributed by atoms with Crippen LogP contribution >= 0.6 is 0 Å². The van der Waals surface area contributed by atoms with E-state index in [9.17, 15) is 4.79 Å². The molecule has 1 aromatic carbocycles. The lowest BCUT2D eigenvalue weighted by Gasteiger charge is -2.24. The van der Waals surface area contributed by atoms with Crippen LogP contribution in [0.2, 0.25) is 0 Å². The fourth-order valence-corrected chi connectivity index (χ4v) is 2.70. The summed E-state index contributed by atoms with van der Waals surface area (Å²) in [5, 5.41) is 0. The van der Waals surface area contributed by atoms with Crippen LogP contribution in [-0.2, 0) is 0 Å². The van der Waals surface area contributed by atoms with Crippen molar-refractivity contribution in [3.8, 4) is 0 Å². The van der Waals surface area contributed by atoms with Crippen molar-refractivity contribution in [2.24, 2.45) is 5.73 Å². The van der Waals surface area contributed by atoms with Gasteiger partial charge in [-0.3, -0.25) is 4.79 Å². The number of likely N-dealkylation sites (tertiary alicyclic amines) is 1. The van der Waals surface area contributed by atoms with Gasteiger partial charge in [0.05, 0.1) is 0 Å². The minimum atomic E-state index is 0.179. The quantitative estimate of drug-likeness (QED) is 0.886. The Bertz CT molecular complexity index is 417. The Kier molecular flexibility index (Phi) is 4.37. The molecule has 2 N–H and O–H groups in total. The van der Waals surface area contributed by atoms with E-state index in [1.807, 2.05) is 36.1 Å². The molecule has 0 radical (unpaired) electrons. The number of hydrogen-bond acceptors (Lipinski definition) is 2. The molecule has 0 bridgehead atoms. The molecular formula is C15H22N2O. The number of hydrogen-bond donors (Lipinski definition) is 1. The van der Waals surface area contributed by atoms with E-state index in [1.54, 1.807) is 0 Å². The normalized spacial score (nSPS) is 19.2. The Balaban J connectivity index is 2.08. The number of amides is 1. The van der Waals surface area contributed by atoms with E-state index >= 15 is 0 Å². The van der Waals surface area contributed by atoms with Crippen LogP contribution in [0.4, 0.5) is 0 Å². The first-order chi connectivity index (χ1) is 8.72. The average molecular weight is 246 g/mol. The van der Waals surface area contributed by atoms with Gasteiger partial charge in [0.2, 0.25) is 0 Å². The number of rotatable bonds is 4. The van der Waals surface area contributed by atoms with Crippen molar-refractivity contribution in [3.63, 3.8) is 0 Å². The monoisotopic (exact) mass is 246 g/mol. The molecule has 1 atom stereocenters. The van der Waals surface area contributed by atoms with Crippen LogP contribution in [0.1, 0.15) is 41.6 Å². The first-order valence-corrected chi connectivity index (χ1v) is 6.80. The lowest BCUT2D eigenvalue weighted by Crippen LogP contribution is -2.35. The van der Waals surface area contributed by atoms with Crippen molar-refractivity contribution in [2.75, 3.05) is 13.1 Å². The molecule has 1 unspecified atom stereocenters. The highest BCUT2D eigenvalue weighted by atomic mass is 16.2. The molecular weight excluding hydrogens is 224 g/mol. The SMILES string of the molecule is Cc1cccc(C(=O)N2CCCC2CCCN)c1. The number of carbonyl (C=O) groups is 1. The van der Waals surface area contributed by atoms with Crippen molar-refractivity contribution in [2.45, 2.75) is 38.6 Å². The smallest absolute Gasteiger partial charge is 0.254 e. The minimum absolute atomic E-state index is 0.179. The highest BCUT2D eigenvalue weighted by Crippen LogP contribution is 2.23. The molecule has 1 amide bonds. The second-order valence-electron chi connectivity index (χ2n) is 5.09. The van der Waals surface area contributed by atoms with Crippen LogP contribution < -0.4 is 5.73 Å². The van der Waals surface area contributed by atoms with E-state index in [0.29, 0.717) is 12.6 Å². The fourth-order valence-electron chi connectivity index (χ4n) is 2.70. The molecule has 1 heterocycles. The summed E-state index contributed by atoms with van der Waals surface area (Å²) in [6, 6.07) is 8.25. The van der Waals surface area contributed by atoms with E-state index in [1.165, 1.54) is 0 Å². The van der Waals surface area contributed by atoms with Gasteiger partial charge in [-0.2, -0.15) is 0 Å². The number of aryl methyl sites for hydroxylation is 1. The van der Waals surface area contributed by atoms with Crippen LogP contribution in [0.15, 0.2) is 24.3 Å². The van der Waals surface area contributed by atoms with Crippen LogP contribution in [0.25, 0.3) is 0 Å². The summed E-state index contributed by atoms with van der Waals surface area (Å²) in [6.07, 6.45) is 4.28. The van der Waals surface area contributed by atoms with E-state index in [-0.39, 0.29) is 5.91 Å². The Morgan fingerprint density at radius 1 is 1.50 bits per heavy atom. The maximum atomic E-state index is 12.5. The molecule has 1 saturated heterocycles. The lowest BCUT2D eigenvalue weighted by atomic mass is 10.1. The lowest BCUT2D eigenvalue weighted by molar-refractivity contribution is 0.0729. The first-order valence-electron chi connectivity index (χ1n) is 6.80. The summed E-state index contributed by atoms with van der Waals surface area (Å²) in [5.41, 5.74) is 7.51. The molecule has 3 nitrogen and oxygen atoms in total. The predicted octanol–water partition coefficient (Wildman–Crippen LogP) is 2.34. The third-order valence-electron chi connectivity index (χ3n) is 3.64. The fraction of sp³-hybridized carbons (Fsp3) is 0.533. The van der Waals surface area contributed by atoms with E-state index in [2.05, 4.69) is 0 Å². The summed E-state index contributed by atoms with van der Waals surface area (Å²) in [6.45, 7) is 3.62. The predicted molar refractivity (Wildman–Crippen MR) is 73.5 cm³/mol. The van der Waals surface area contributed by atoms with Gasteiger partial charge < -0.3 is 10.6 Å². The topological polar surface area (TPSA) is 46.3 Å². The van der Waals surface area contributed by atoms with Crippen LogP contribution in [0, 0.1) is 6.92 Å². The Hall–Kier alpha value is -1.35. The van der Waals surface area contributed by atoms with Gasteiger partial charge in [-0.1, -0.05) is 17.7 Å². The van der Waals surface area contributed by atoms with Crippen molar-refractivity contribution in [1.82, 2.24) is 4.90 Å². The maximum absolute atomic E-state index is 12.5. The van der Waals surface area contributed by atoms with E-state index < -0.39 is 0 Å². The van der Waals surface area contributed by atoms with Crippen LogP contribution in [0.3, 0.4) is 0 Å². The molecule has 1 aliphatic rings. The number of benzene rings is 1. The third-order valence-corrected chi connectivity index (χ3v) is 3.64. The standard InChI is InChI=1S/C15H22N2O/c1-12-5-2-6-13(11-12)15(18)17-10-4-8-14(17)7-3-9-16/h2,5-6,11,14H,3-4,7-10,16H2,1H3. The number of nitrogens with zero attached hydrogens (tertiary/aromatic N) is 1. The molecule has 0 spiro atoms. The maximum Gasteiger partial charge on any atom is 0.254 e.